The maximum Gasteiger partial charge on any atom is 0.326 e. The Balaban J connectivity index is 2.05. The van der Waals surface area contributed by atoms with Crippen molar-refractivity contribution < 1.29 is 14.3 Å². The van der Waals surface area contributed by atoms with Crippen molar-refractivity contribution in [2.24, 2.45) is 0 Å². The second kappa shape index (κ2) is 8.10. The van der Waals surface area contributed by atoms with Gasteiger partial charge in [-0.05, 0) is 35.4 Å². The summed E-state index contributed by atoms with van der Waals surface area (Å²) < 4.78 is 4.99. The van der Waals surface area contributed by atoms with Crippen LogP contribution in [0.3, 0.4) is 0 Å². The van der Waals surface area contributed by atoms with Crippen molar-refractivity contribution >= 4 is 41.4 Å². The van der Waals surface area contributed by atoms with Gasteiger partial charge in [0.05, 0.1) is 0 Å². The average molecular weight is 331 g/mol. The molecule has 0 unspecified atom stereocenters. The topological polar surface area (TPSA) is 68.3 Å². The minimum absolute atomic E-state index is 0.166. The highest BCUT2D eigenvalue weighted by atomic mass is 35.5. The average Bonchev–Trinajstić information content (AvgIpc) is 2.54. The number of benzene rings is 1. The van der Waals surface area contributed by atoms with E-state index in [0.29, 0.717) is 11.6 Å². The van der Waals surface area contributed by atoms with Crippen LogP contribution in [0.15, 0.2) is 42.6 Å². The third-order valence-electron chi connectivity index (χ3n) is 2.78. The number of alkyl halides is 1. The molecule has 1 amide bonds. The van der Waals surface area contributed by atoms with E-state index in [1.54, 1.807) is 24.4 Å². The smallest absolute Gasteiger partial charge is 0.326 e. The first-order valence-corrected chi connectivity index (χ1v) is 7.39. The summed E-state index contributed by atoms with van der Waals surface area (Å²) in [5.41, 5.74) is 1.84. The monoisotopic (exact) mass is 330 g/mol. The number of anilines is 1. The molecule has 0 fully saturated rings. The molecule has 0 aliphatic rings. The van der Waals surface area contributed by atoms with E-state index in [1.165, 1.54) is 6.92 Å². The van der Waals surface area contributed by atoms with Crippen molar-refractivity contribution in [2.75, 3.05) is 11.2 Å². The fourth-order valence-corrected chi connectivity index (χ4v) is 1.85. The van der Waals surface area contributed by atoms with Crippen molar-refractivity contribution in [1.29, 1.82) is 0 Å². The normalized spacial score (nSPS) is 10.5. The molecule has 0 bridgehead atoms. The highest BCUT2D eigenvalue weighted by molar-refractivity contribution is 6.26. The zero-order valence-corrected chi connectivity index (χ0v) is 13.2. The first kappa shape index (κ1) is 16.7. The third-order valence-corrected chi connectivity index (χ3v) is 3.00. The Bertz CT molecular complexity index is 727. The Morgan fingerprint density at radius 2 is 1.87 bits per heavy atom. The maximum absolute atomic E-state index is 11.1. The second-order valence-electron chi connectivity index (χ2n) is 4.67. The number of esters is 1. The van der Waals surface area contributed by atoms with Crippen molar-refractivity contribution in [3.63, 3.8) is 0 Å². The van der Waals surface area contributed by atoms with Gasteiger partial charge in [0.15, 0.2) is 0 Å². The Morgan fingerprint density at radius 1 is 1.17 bits per heavy atom. The summed E-state index contributed by atoms with van der Waals surface area (Å²) in [5, 5.41) is 2.63. The molecule has 118 valence electrons. The van der Waals surface area contributed by atoms with E-state index in [-0.39, 0.29) is 11.8 Å². The molecule has 0 saturated carbocycles. The van der Waals surface area contributed by atoms with Crippen LogP contribution in [0.25, 0.3) is 12.2 Å². The van der Waals surface area contributed by atoms with E-state index in [4.69, 9.17) is 16.3 Å². The highest BCUT2D eigenvalue weighted by Gasteiger charge is 2.01. The predicted octanol–water partition coefficient (Wildman–Crippen LogP) is 3.35. The van der Waals surface area contributed by atoms with Crippen LogP contribution >= 0.6 is 11.6 Å². The summed E-state index contributed by atoms with van der Waals surface area (Å²) in [6.07, 6.45) is 5.42. The van der Waals surface area contributed by atoms with E-state index in [1.807, 2.05) is 30.4 Å². The lowest BCUT2D eigenvalue weighted by molar-refractivity contribution is -0.131. The van der Waals surface area contributed by atoms with E-state index < -0.39 is 5.97 Å². The van der Waals surface area contributed by atoms with Gasteiger partial charge in [0, 0.05) is 13.1 Å². The summed E-state index contributed by atoms with van der Waals surface area (Å²) in [5.74, 6) is 0.117. The van der Waals surface area contributed by atoms with E-state index in [2.05, 4.69) is 10.3 Å². The molecule has 2 rings (SSSR count). The second-order valence-corrected chi connectivity index (χ2v) is 4.93. The minimum Gasteiger partial charge on any atom is -0.426 e. The number of nitrogens with zero attached hydrogens (tertiary/aromatic N) is 1. The van der Waals surface area contributed by atoms with Crippen LogP contribution in [-0.4, -0.2) is 22.7 Å². The maximum atomic E-state index is 11.1. The molecule has 1 heterocycles. The minimum atomic E-state index is -0.489. The number of ether oxygens (including phenoxy) is 1. The van der Waals surface area contributed by atoms with Gasteiger partial charge in [-0.1, -0.05) is 24.3 Å². The zero-order valence-electron chi connectivity index (χ0n) is 12.5. The summed E-state index contributed by atoms with van der Waals surface area (Å²) >= 11 is 5.38. The molecule has 0 spiro atoms. The standard InChI is InChI=1S/C17H15ClN2O3/c1-12(21)20-16-10-14(8-9-19-16)3-2-13-4-6-15(7-5-13)23-17(22)11-18/h2-10H,11H2,1H3,(H,19,20,21)/b3-2+. The molecular weight excluding hydrogens is 316 g/mol. The summed E-state index contributed by atoms with van der Waals surface area (Å²) in [6, 6.07) is 10.6. The van der Waals surface area contributed by atoms with Crippen LogP contribution in [0, 0.1) is 0 Å². The molecule has 6 heteroatoms. The predicted molar refractivity (Wildman–Crippen MR) is 90.3 cm³/mol. The lowest BCUT2D eigenvalue weighted by Crippen LogP contribution is -2.08. The van der Waals surface area contributed by atoms with Gasteiger partial charge in [0.25, 0.3) is 0 Å². The Morgan fingerprint density at radius 3 is 2.52 bits per heavy atom. The number of hydrogen-bond donors (Lipinski definition) is 1. The molecule has 0 aliphatic heterocycles. The van der Waals surface area contributed by atoms with Crippen LogP contribution in [-0.2, 0) is 9.59 Å². The first-order chi connectivity index (χ1) is 11.1. The van der Waals surface area contributed by atoms with Gasteiger partial charge in [-0.2, -0.15) is 0 Å². The largest absolute Gasteiger partial charge is 0.426 e. The van der Waals surface area contributed by atoms with Gasteiger partial charge in [0.2, 0.25) is 5.91 Å². The number of halogens is 1. The van der Waals surface area contributed by atoms with Crippen LogP contribution in [0.5, 0.6) is 5.75 Å². The molecule has 5 nitrogen and oxygen atoms in total. The summed E-state index contributed by atoms with van der Waals surface area (Å²) in [7, 11) is 0. The van der Waals surface area contributed by atoms with Crippen molar-refractivity contribution in [3.8, 4) is 5.75 Å². The molecule has 23 heavy (non-hydrogen) atoms. The molecule has 1 aromatic heterocycles. The van der Waals surface area contributed by atoms with Gasteiger partial charge in [-0.15, -0.1) is 11.6 Å². The number of aromatic nitrogens is 1. The van der Waals surface area contributed by atoms with E-state index >= 15 is 0 Å². The molecular formula is C17H15ClN2O3. The summed E-state index contributed by atoms with van der Waals surface area (Å²) in [6.45, 7) is 1.43. The van der Waals surface area contributed by atoms with Crippen molar-refractivity contribution in [1.82, 2.24) is 4.98 Å². The number of rotatable bonds is 5. The Labute approximate surface area is 138 Å². The van der Waals surface area contributed by atoms with Crippen LogP contribution in [0.4, 0.5) is 5.82 Å². The molecule has 1 aromatic carbocycles. The molecule has 0 atom stereocenters. The lowest BCUT2D eigenvalue weighted by Gasteiger charge is -2.03. The van der Waals surface area contributed by atoms with Gasteiger partial charge in [0.1, 0.15) is 17.4 Å². The fraction of sp³-hybridized carbons (Fsp3) is 0.118. The fourth-order valence-electron chi connectivity index (χ4n) is 1.80. The third kappa shape index (κ3) is 5.56. The molecule has 0 saturated heterocycles. The van der Waals surface area contributed by atoms with Gasteiger partial charge < -0.3 is 10.1 Å². The number of amides is 1. The Kier molecular flexibility index (Phi) is 5.88. The van der Waals surface area contributed by atoms with Crippen molar-refractivity contribution in [2.45, 2.75) is 6.92 Å². The van der Waals surface area contributed by atoms with Crippen molar-refractivity contribution in [3.05, 3.63) is 53.7 Å². The van der Waals surface area contributed by atoms with Gasteiger partial charge in [-0.3, -0.25) is 9.59 Å². The van der Waals surface area contributed by atoms with Crippen LogP contribution < -0.4 is 10.1 Å². The molecule has 2 aromatic rings. The van der Waals surface area contributed by atoms with E-state index in [0.717, 1.165) is 11.1 Å². The highest BCUT2D eigenvalue weighted by Crippen LogP contribution is 2.15. The number of carbonyl (C=O) groups excluding carboxylic acids is 2. The molecule has 0 aliphatic carbocycles. The summed E-state index contributed by atoms with van der Waals surface area (Å²) in [4.78, 5) is 26.2. The Hall–Kier alpha value is -2.66. The first-order valence-electron chi connectivity index (χ1n) is 6.85. The number of nitrogens with one attached hydrogen (secondary N) is 1. The van der Waals surface area contributed by atoms with Crippen LogP contribution in [0.2, 0.25) is 0 Å². The van der Waals surface area contributed by atoms with Gasteiger partial charge >= 0.3 is 5.97 Å². The molecule has 1 N–H and O–H groups in total. The zero-order chi connectivity index (χ0) is 16.7. The molecule has 0 radical (unpaired) electrons. The quantitative estimate of drug-likeness (QED) is 0.518. The van der Waals surface area contributed by atoms with E-state index in [9.17, 15) is 9.59 Å². The van der Waals surface area contributed by atoms with Crippen LogP contribution in [0.1, 0.15) is 18.1 Å². The van der Waals surface area contributed by atoms with Gasteiger partial charge in [-0.25, -0.2) is 4.98 Å². The number of pyridine rings is 1. The lowest BCUT2D eigenvalue weighted by atomic mass is 10.1. The number of hydrogen-bond acceptors (Lipinski definition) is 4. The SMILES string of the molecule is CC(=O)Nc1cc(/C=C/c2ccc(OC(=O)CCl)cc2)ccn1. The number of carbonyl (C=O) groups is 2.